The minimum atomic E-state index is -0.864. The molecule has 0 heterocycles. The molecule has 0 aromatic rings. The summed E-state index contributed by atoms with van der Waals surface area (Å²) >= 11 is 0.107. The summed E-state index contributed by atoms with van der Waals surface area (Å²) in [6.07, 6.45) is 0.475. The average Bonchev–Trinajstić information content (AvgIpc) is 1.89. The molecule has 0 amide bonds. The molecule has 6 heteroatoms. The number of carboxylic acid groups (broad SMARTS) is 1. The fourth-order valence-corrected chi connectivity index (χ4v) is 2.10. The predicted octanol–water partition coefficient (Wildman–Crippen LogP) is 1.83. The first-order chi connectivity index (χ1) is 4.72. The van der Waals surface area contributed by atoms with Crippen LogP contribution in [-0.2, 0) is 4.79 Å². The van der Waals surface area contributed by atoms with Gasteiger partial charge in [-0.1, -0.05) is 10.8 Å². The lowest BCUT2D eigenvalue weighted by Gasteiger charge is -2.04. The lowest BCUT2D eigenvalue weighted by Crippen LogP contribution is -2.16. The zero-order valence-electron chi connectivity index (χ0n) is 5.12. The molecule has 2 unspecified atom stereocenters. The summed E-state index contributed by atoms with van der Waals surface area (Å²) in [4.78, 5) is 10.3. The molecular formula is C4H8FO2PS2. The van der Waals surface area contributed by atoms with Crippen molar-refractivity contribution in [2.24, 2.45) is 5.92 Å². The van der Waals surface area contributed by atoms with Crippen LogP contribution in [-0.4, -0.2) is 23.0 Å². The van der Waals surface area contributed by atoms with Gasteiger partial charge in [0.25, 0.3) is 0 Å². The van der Waals surface area contributed by atoms with Crippen molar-refractivity contribution < 1.29 is 13.8 Å². The number of aliphatic carboxylic acids is 1. The van der Waals surface area contributed by atoms with Crippen molar-refractivity contribution in [1.29, 1.82) is 0 Å². The molecule has 10 heavy (non-hydrogen) atoms. The minimum absolute atomic E-state index is 0.107. The molecule has 0 saturated heterocycles. The first-order valence-electron chi connectivity index (χ1n) is 2.55. The molecule has 60 valence electrons. The second-order valence-electron chi connectivity index (χ2n) is 1.62. The number of carboxylic acids is 1. The molecule has 0 rings (SSSR count). The van der Waals surface area contributed by atoms with E-state index in [1.807, 2.05) is 0 Å². The maximum absolute atomic E-state index is 11.4. The Morgan fingerprint density at radius 1 is 1.80 bits per heavy atom. The normalized spacial score (nSPS) is 13.0. The number of carbonyl (C=O) groups is 1. The van der Waals surface area contributed by atoms with Crippen molar-refractivity contribution in [2.75, 3.05) is 11.9 Å². The van der Waals surface area contributed by atoms with Crippen molar-refractivity contribution in [3.8, 4) is 0 Å². The molecule has 0 aromatic carbocycles. The summed E-state index contributed by atoms with van der Waals surface area (Å²) < 4.78 is 11.4. The van der Waals surface area contributed by atoms with Crippen LogP contribution in [0.5, 0.6) is 0 Å². The number of rotatable bonds is 5. The van der Waals surface area contributed by atoms with E-state index >= 15 is 0 Å². The van der Waals surface area contributed by atoms with Gasteiger partial charge in [0.05, 0.1) is 5.92 Å². The van der Waals surface area contributed by atoms with Gasteiger partial charge in [-0.25, -0.2) is 0 Å². The molecule has 0 radical (unpaired) electrons. The zero-order valence-corrected chi connectivity index (χ0v) is 7.91. The Morgan fingerprint density at radius 3 is 2.70 bits per heavy atom. The van der Waals surface area contributed by atoms with Crippen LogP contribution in [0.25, 0.3) is 0 Å². The zero-order chi connectivity index (χ0) is 7.98. The quantitative estimate of drug-likeness (QED) is 0.545. The first-order valence-corrected chi connectivity index (χ1v) is 5.59. The molecule has 0 saturated carbocycles. The monoisotopic (exact) mass is 202 g/mol. The standard InChI is InChI=1S/C4H8FO2PS2/c5-10-9-2-3(1-8)4(6)7/h3H,1-2,8H2,(H,6,7). The third kappa shape index (κ3) is 4.36. The van der Waals surface area contributed by atoms with Gasteiger partial charge in [-0.3, -0.25) is 4.79 Å². The molecular weight excluding hydrogens is 194 g/mol. The van der Waals surface area contributed by atoms with E-state index in [2.05, 4.69) is 9.24 Å². The lowest BCUT2D eigenvalue weighted by atomic mass is 10.2. The third-order valence-electron chi connectivity index (χ3n) is 0.948. The molecule has 1 N–H and O–H groups in total. The van der Waals surface area contributed by atoms with Gasteiger partial charge >= 0.3 is 5.97 Å². The van der Waals surface area contributed by atoms with E-state index in [4.69, 9.17) is 5.11 Å². The van der Waals surface area contributed by atoms with Gasteiger partial charge in [-0.15, -0.1) is 9.24 Å². The topological polar surface area (TPSA) is 37.3 Å². The predicted molar refractivity (Wildman–Crippen MR) is 46.9 cm³/mol. The van der Waals surface area contributed by atoms with Crippen LogP contribution in [0.4, 0.5) is 3.89 Å². The van der Waals surface area contributed by atoms with Crippen molar-refractivity contribution in [3.05, 3.63) is 0 Å². The Bertz CT molecular complexity index is 113. The fraction of sp³-hybridized carbons (Fsp3) is 0.750. The molecule has 0 bridgehead atoms. The van der Waals surface area contributed by atoms with E-state index in [1.54, 1.807) is 0 Å². The lowest BCUT2D eigenvalue weighted by molar-refractivity contribution is -0.140. The summed E-state index contributed by atoms with van der Waals surface area (Å²) in [5.74, 6) is -0.991. The maximum atomic E-state index is 11.4. The van der Waals surface area contributed by atoms with Crippen LogP contribution >= 0.6 is 31.2 Å². The van der Waals surface area contributed by atoms with E-state index in [0.29, 0.717) is 11.9 Å². The van der Waals surface area contributed by atoms with Crippen LogP contribution < -0.4 is 0 Å². The number of halogens is 1. The largest absolute Gasteiger partial charge is 0.481 e. The number of hydrogen-bond donors (Lipinski definition) is 1. The van der Waals surface area contributed by atoms with Crippen LogP contribution in [0.2, 0.25) is 0 Å². The molecule has 0 aliphatic carbocycles. The van der Waals surface area contributed by atoms with Crippen LogP contribution in [0, 0.1) is 5.92 Å². The molecule has 0 spiro atoms. The fourth-order valence-electron chi connectivity index (χ4n) is 0.348. The van der Waals surface area contributed by atoms with E-state index in [1.165, 1.54) is 0 Å². The highest BCUT2D eigenvalue weighted by molar-refractivity contribution is 8.74. The Kier molecular flexibility index (Phi) is 6.59. The summed E-state index contributed by atoms with van der Waals surface area (Å²) in [5.41, 5.74) is 0. The highest BCUT2D eigenvalue weighted by Gasteiger charge is 2.14. The number of hydrogen-bond acceptors (Lipinski definition) is 3. The highest BCUT2D eigenvalue weighted by Crippen LogP contribution is 2.25. The second kappa shape index (κ2) is 6.25. The van der Waals surface area contributed by atoms with Gasteiger partial charge in [0.15, 0.2) is 0 Å². The maximum Gasteiger partial charge on any atom is 0.307 e. The molecule has 0 aliphatic rings. The SMILES string of the molecule is O=C(O)C(CP)CSSF. The van der Waals surface area contributed by atoms with E-state index in [-0.39, 0.29) is 11.2 Å². The van der Waals surface area contributed by atoms with Gasteiger partial charge in [0, 0.05) is 5.75 Å². The van der Waals surface area contributed by atoms with Crippen molar-refractivity contribution in [1.82, 2.24) is 0 Å². The third-order valence-corrected chi connectivity index (χ3v) is 2.82. The Morgan fingerprint density at radius 2 is 2.40 bits per heavy atom. The molecule has 2 atom stereocenters. The van der Waals surface area contributed by atoms with Crippen molar-refractivity contribution in [3.63, 3.8) is 0 Å². The summed E-state index contributed by atoms with van der Waals surface area (Å²) in [6.45, 7) is 0. The van der Waals surface area contributed by atoms with Gasteiger partial charge in [-0.05, 0) is 6.16 Å². The van der Waals surface area contributed by atoms with Crippen LogP contribution in [0.1, 0.15) is 0 Å². The van der Waals surface area contributed by atoms with Gasteiger partial charge in [0.1, 0.15) is 11.2 Å². The summed E-state index contributed by atoms with van der Waals surface area (Å²) in [7, 11) is 3.26. The molecule has 2 nitrogen and oxygen atoms in total. The van der Waals surface area contributed by atoms with E-state index < -0.39 is 11.9 Å². The smallest absolute Gasteiger partial charge is 0.307 e. The first kappa shape index (κ1) is 10.5. The van der Waals surface area contributed by atoms with Crippen LogP contribution in [0.3, 0.4) is 0 Å². The van der Waals surface area contributed by atoms with E-state index in [0.717, 1.165) is 10.8 Å². The van der Waals surface area contributed by atoms with Crippen molar-refractivity contribution >= 4 is 37.2 Å². The molecule has 0 fully saturated rings. The van der Waals surface area contributed by atoms with Crippen LogP contribution in [0.15, 0.2) is 0 Å². The van der Waals surface area contributed by atoms with Gasteiger partial charge < -0.3 is 5.11 Å². The minimum Gasteiger partial charge on any atom is -0.481 e. The van der Waals surface area contributed by atoms with Gasteiger partial charge in [-0.2, -0.15) is 3.89 Å². The average molecular weight is 202 g/mol. The summed E-state index contributed by atoms with van der Waals surface area (Å²) in [5, 5.41) is 8.44. The second-order valence-corrected chi connectivity index (χ2v) is 3.87. The highest BCUT2D eigenvalue weighted by atomic mass is 33.1. The summed E-state index contributed by atoms with van der Waals surface area (Å²) in [6, 6.07) is 0. The van der Waals surface area contributed by atoms with Crippen molar-refractivity contribution in [2.45, 2.75) is 0 Å². The molecule has 0 aromatic heterocycles. The Balaban J connectivity index is 3.50. The Hall–Kier alpha value is 0.530. The molecule has 0 aliphatic heterocycles. The Labute approximate surface area is 69.2 Å². The van der Waals surface area contributed by atoms with Gasteiger partial charge in [0.2, 0.25) is 0 Å². The van der Waals surface area contributed by atoms with E-state index in [9.17, 15) is 8.68 Å².